The van der Waals surface area contributed by atoms with Crippen molar-refractivity contribution in [3.63, 3.8) is 0 Å². The molecule has 1 unspecified atom stereocenters. The van der Waals surface area contributed by atoms with Crippen LogP contribution in [0.1, 0.15) is 27.7 Å². The van der Waals surface area contributed by atoms with Crippen LogP contribution in [0.2, 0.25) is 0 Å². The summed E-state index contributed by atoms with van der Waals surface area (Å²) in [6, 6.07) is 0.0823. The van der Waals surface area contributed by atoms with Crippen molar-refractivity contribution in [3.05, 3.63) is 0 Å². The highest BCUT2D eigenvalue weighted by molar-refractivity contribution is 5.78. The first-order valence-corrected chi connectivity index (χ1v) is 6.55. The van der Waals surface area contributed by atoms with Crippen LogP contribution in [0, 0.1) is 5.41 Å². The Kier molecular flexibility index (Phi) is 8.34. The van der Waals surface area contributed by atoms with Crippen molar-refractivity contribution < 1.29 is 14.3 Å². The zero-order valence-electron chi connectivity index (χ0n) is 12.6. The fraction of sp³-hybridized carbons (Fsp3) is 0.846. The Morgan fingerprint density at radius 1 is 1.21 bits per heavy atom. The second-order valence-electron chi connectivity index (χ2n) is 5.59. The molecule has 0 radical (unpaired) electrons. The lowest BCUT2D eigenvalue weighted by atomic mass is 9.88. The minimum atomic E-state index is -0.135. The molecular formula is C13H27N3O3. The summed E-state index contributed by atoms with van der Waals surface area (Å²) >= 11 is 0. The van der Waals surface area contributed by atoms with Gasteiger partial charge in [-0.25, -0.2) is 0 Å². The third-order valence-electron chi connectivity index (χ3n) is 2.82. The maximum absolute atomic E-state index is 11.6. The van der Waals surface area contributed by atoms with Crippen LogP contribution in [0.4, 0.5) is 0 Å². The molecule has 0 aromatic rings. The molecular weight excluding hydrogens is 246 g/mol. The molecule has 0 saturated heterocycles. The predicted molar refractivity (Wildman–Crippen MR) is 74.8 cm³/mol. The molecule has 0 aromatic carbocycles. The highest BCUT2D eigenvalue weighted by Crippen LogP contribution is 2.18. The molecule has 0 rings (SSSR count). The number of carbonyl (C=O) groups is 2. The van der Waals surface area contributed by atoms with E-state index in [0.717, 1.165) is 0 Å². The van der Waals surface area contributed by atoms with Crippen molar-refractivity contribution in [2.24, 2.45) is 5.41 Å². The standard InChI is InChI=1S/C13H27N3O3/c1-10(13(2,3)4)16-12(18)9-19-7-6-15-11(17)8-14-5/h10,14H,6-9H2,1-5H3,(H,15,17)(H,16,18). The van der Waals surface area contributed by atoms with Gasteiger partial charge in [0, 0.05) is 12.6 Å². The Morgan fingerprint density at radius 3 is 2.37 bits per heavy atom. The summed E-state index contributed by atoms with van der Waals surface area (Å²) in [7, 11) is 1.71. The zero-order chi connectivity index (χ0) is 14.9. The number of carbonyl (C=O) groups excluding carboxylic acids is 2. The maximum Gasteiger partial charge on any atom is 0.246 e. The lowest BCUT2D eigenvalue weighted by molar-refractivity contribution is -0.127. The Hall–Kier alpha value is -1.14. The van der Waals surface area contributed by atoms with Gasteiger partial charge in [0.25, 0.3) is 0 Å². The second kappa shape index (κ2) is 8.87. The smallest absolute Gasteiger partial charge is 0.246 e. The van der Waals surface area contributed by atoms with Crippen LogP contribution in [-0.4, -0.2) is 51.2 Å². The van der Waals surface area contributed by atoms with E-state index in [1.807, 2.05) is 6.92 Å². The summed E-state index contributed by atoms with van der Waals surface area (Å²) in [4.78, 5) is 22.7. The highest BCUT2D eigenvalue weighted by atomic mass is 16.5. The number of hydrogen-bond acceptors (Lipinski definition) is 4. The van der Waals surface area contributed by atoms with E-state index in [4.69, 9.17) is 4.74 Å². The van der Waals surface area contributed by atoms with Gasteiger partial charge in [-0.05, 0) is 19.4 Å². The summed E-state index contributed by atoms with van der Waals surface area (Å²) < 4.78 is 5.19. The Balaban J connectivity index is 3.62. The summed E-state index contributed by atoms with van der Waals surface area (Å²) in [5, 5.41) is 8.29. The number of nitrogens with one attached hydrogen (secondary N) is 3. The molecule has 2 amide bonds. The first-order valence-electron chi connectivity index (χ1n) is 6.55. The first-order chi connectivity index (χ1) is 8.77. The van der Waals surface area contributed by atoms with Crippen LogP contribution >= 0.6 is 0 Å². The van der Waals surface area contributed by atoms with Crippen LogP contribution in [0.3, 0.4) is 0 Å². The van der Waals surface area contributed by atoms with Crippen LogP contribution in [0.15, 0.2) is 0 Å². The average molecular weight is 273 g/mol. The zero-order valence-corrected chi connectivity index (χ0v) is 12.6. The second-order valence-corrected chi connectivity index (χ2v) is 5.59. The van der Waals surface area contributed by atoms with Crippen molar-refractivity contribution in [3.8, 4) is 0 Å². The Morgan fingerprint density at radius 2 is 1.84 bits per heavy atom. The molecule has 0 spiro atoms. The van der Waals surface area contributed by atoms with Crippen molar-refractivity contribution in [2.75, 3.05) is 33.4 Å². The lowest BCUT2D eigenvalue weighted by Crippen LogP contribution is -2.43. The molecule has 0 saturated carbocycles. The molecule has 19 heavy (non-hydrogen) atoms. The van der Waals surface area contributed by atoms with E-state index < -0.39 is 0 Å². The summed E-state index contributed by atoms with van der Waals surface area (Å²) in [5.41, 5.74) is 0.0246. The largest absolute Gasteiger partial charge is 0.370 e. The van der Waals surface area contributed by atoms with Gasteiger partial charge in [-0.2, -0.15) is 0 Å². The fourth-order valence-corrected chi connectivity index (χ4v) is 1.15. The molecule has 0 bridgehead atoms. The average Bonchev–Trinajstić information content (AvgIpc) is 2.27. The van der Waals surface area contributed by atoms with Gasteiger partial charge >= 0.3 is 0 Å². The number of ether oxygens (including phenoxy) is 1. The van der Waals surface area contributed by atoms with Gasteiger partial charge in [0.05, 0.1) is 13.2 Å². The van der Waals surface area contributed by atoms with E-state index in [9.17, 15) is 9.59 Å². The highest BCUT2D eigenvalue weighted by Gasteiger charge is 2.21. The maximum atomic E-state index is 11.6. The van der Waals surface area contributed by atoms with Crippen molar-refractivity contribution >= 4 is 11.8 Å². The molecule has 0 heterocycles. The van der Waals surface area contributed by atoms with E-state index in [2.05, 4.69) is 36.7 Å². The van der Waals surface area contributed by atoms with E-state index >= 15 is 0 Å². The minimum Gasteiger partial charge on any atom is -0.370 e. The van der Waals surface area contributed by atoms with Crippen LogP contribution in [-0.2, 0) is 14.3 Å². The van der Waals surface area contributed by atoms with Crippen LogP contribution in [0.25, 0.3) is 0 Å². The number of rotatable bonds is 8. The van der Waals surface area contributed by atoms with Gasteiger partial charge in [0.2, 0.25) is 11.8 Å². The quantitative estimate of drug-likeness (QED) is 0.539. The van der Waals surface area contributed by atoms with Gasteiger partial charge in [-0.3, -0.25) is 9.59 Å². The first kappa shape index (κ1) is 17.9. The third-order valence-corrected chi connectivity index (χ3v) is 2.82. The van der Waals surface area contributed by atoms with Gasteiger partial charge in [-0.1, -0.05) is 20.8 Å². The Bertz CT molecular complexity index is 287. The normalized spacial score (nSPS) is 12.9. The van der Waals surface area contributed by atoms with Gasteiger partial charge in [0.15, 0.2) is 0 Å². The Labute approximate surface area is 115 Å². The van der Waals surface area contributed by atoms with Gasteiger partial charge in [0.1, 0.15) is 6.61 Å². The molecule has 1 atom stereocenters. The topological polar surface area (TPSA) is 79.5 Å². The molecule has 3 N–H and O–H groups in total. The molecule has 0 fully saturated rings. The molecule has 6 nitrogen and oxygen atoms in total. The summed E-state index contributed by atoms with van der Waals surface area (Å²) in [6.07, 6.45) is 0. The monoisotopic (exact) mass is 273 g/mol. The predicted octanol–water partition coefficient (Wildman–Crippen LogP) is -0.111. The van der Waals surface area contributed by atoms with E-state index in [1.54, 1.807) is 7.05 Å². The van der Waals surface area contributed by atoms with Crippen LogP contribution < -0.4 is 16.0 Å². The van der Waals surface area contributed by atoms with Crippen molar-refractivity contribution in [1.82, 2.24) is 16.0 Å². The number of likely N-dealkylation sites (N-methyl/N-ethyl adjacent to an activating group) is 1. The SMILES string of the molecule is CNCC(=O)NCCOCC(=O)NC(C)C(C)(C)C. The van der Waals surface area contributed by atoms with E-state index in [1.165, 1.54) is 0 Å². The minimum absolute atomic E-state index is 0.0162. The van der Waals surface area contributed by atoms with Gasteiger partial charge < -0.3 is 20.7 Å². The van der Waals surface area contributed by atoms with Crippen molar-refractivity contribution in [1.29, 1.82) is 0 Å². The molecule has 0 aliphatic rings. The molecule has 6 heteroatoms. The lowest BCUT2D eigenvalue weighted by Gasteiger charge is -2.28. The molecule has 0 aliphatic heterocycles. The summed E-state index contributed by atoms with van der Waals surface area (Å²) in [6.45, 7) is 9.19. The van der Waals surface area contributed by atoms with E-state index in [-0.39, 0.29) is 36.4 Å². The molecule has 0 aromatic heterocycles. The van der Waals surface area contributed by atoms with Crippen molar-refractivity contribution in [2.45, 2.75) is 33.7 Å². The van der Waals surface area contributed by atoms with Gasteiger partial charge in [-0.15, -0.1) is 0 Å². The third kappa shape index (κ3) is 9.44. The number of amides is 2. The molecule has 112 valence electrons. The summed E-state index contributed by atoms with van der Waals surface area (Å²) in [5.74, 6) is -0.221. The fourth-order valence-electron chi connectivity index (χ4n) is 1.15. The van der Waals surface area contributed by atoms with Crippen LogP contribution in [0.5, 0.6) is 0 Å². The van der Waals surface area contributed by atoms with E-state index in [0.29, 0.717) is 13.2 Å². The number of hydrogen-bond donors (Lipinski definition) is 3. The molecule has 0 aliphatic carbocycles.